The third-order valence-electron chi connectivity index (χ3n) is 7.74. The summed E-state index contributed by atoms with van der Waals surface area (Å²) in [5.74, 6) is -0.960. The van der Waals surface area contributed by atoms with Crippen molar-refractivity contribution < 1.29 is 82.1 Å². The maximum absolute atomic E-state index is 12.1. The minimum Gasteiger partial charge on any atom is -0.490 e. The number of hydrogen-bond donors (Lipinski definition) is 4. The molecule has 4 N–H and O–H groups in total. The Morgan fingerprint density at radius 1 is 0.476 bits per heavy atom. The SMILES string of the molecule is [N-]=[N+]=NCCOCCOCCOC(O)CCCOc1cc(C(=O)O)cc(OCCCC(O)OCCOCCOCCN=[N+]=[N-])c1OCCCC(O)OCCOCCOCCN=[N+]=[N-]. The molecule has 0 radical (unpaired) electrons. The molecule has 1 rings (SSSR count). The van der Waals surface area contributed by atoms with Gasteiger partial charge in [-0.2, -0.15) is 0 Å². The summed E-state index contributed by atoms with van der Waals surface area (Å²) in [6.07, 6.45) is -1.76. The van der Waals surface area contributed by atoms with E-state index in [9.17, 15) is 25.2 Å². The molecule has 63 heavy (non-hydrogen) atoms. The van der Waals surface area contributed by atoms with E-state index in [1.165, 1.54) is 12.1 Å². The number of benzene rings is 1. The van der Waals surface area contributed by atoms with Gasteiger partial charge in [-0.05, 0) is 48.0 Å². The second kappa shape index (κ2) is 41.5. The van der Waals surface area contributed by atoms with E-state index in [2.05, 4.69) is 30.1 Å². The highest BCUT2D eigenvalue weighted by Gasteiger charge is 2.20. The van der Waals surface area contributed by atoms with E-state index in [0.29, 0.717) is 58.9 Å². The molecule has 0 saturated heterocycles. The van der Waals surface area contributed by atoms with Crippen molar-refractivity contribution >= 4 is 5.97 Å². The van der Waals surface area contributed by atoms with Gasteiger partial charge in [0.15, 0.2) is 30.4 Å². The van der Waals surface area contributed by atoms with Crippen LogP contribution in [0.2, 0.25) is 0 Å². The smallest absolute Gasteiger partial charge is 0.335 e. The monoisotopic (exact) mass is 905 g/mol. The topological polar surface area (TPSA) is 355 Å². The van der Waals surface area contributed by atoms with Crippen LogP contribution >= 0.6 is 0 Å². The lowest BCUT2D eigenvalue weighted by atomic mass is 10.1. The van der Waals surface area contributed by atoms with Crippen LogP contribution < -0.4 is 14.2 Å². The van der Waals surface area contributed by atoms with Crippen molar-refractivity contribution in [3.8, 4) is 17.2 Å². The highest BCUT2D eigenvalue weighted by Crippen LogP contribution is 2.39. The normalized spacial score (nSPS) is 12.4. The molecule has 3 unspecified atom stereocenters. The zero-order valence-electron chi connectivity index (χ0n) is 35.6. The summed E-state index contributed by atoms with van der Waals surface area (Å²) >= 11 is 0. The zero-order chi connectivity index (χ0) is 45.9. The van der Waals surface area contributed by atoms with Gasteiger partial charge in [-0.3, -0.25) is 0 Å². The Labute approximate surface area is 365 Å². The van der Waals surface area contributed by atoms with E-state index in [4.69, 9.17) is 73.4 Å². The quantitative estimate of drug-likeness (QED) is 0.0237. The molecular formula is C37H63N9O17. The first-order valence-electron chi connectivity index (χ1n) is 20.5. The van der Waals surface area contributed by atoms with E-state index in [-0.39, 0.29) is 141 Å². The fraction of sp³-hybridized carbons (Fsp3) is 0.811. The number of carboxylic acid groups (broad SMARTS) is 1. The van der Waals surface area contributed by atoms with E-state index < -0.39 is 24.8 Å². The van der Waals surface area contributed by atoms with Gasteiger partial charge in [-0.1, -0.05) is 15.3 Å². The first kappa shape index (κ1) is 56.6. The fourth-order valence-corrected chi connectivity index (χ4v) is 4.76. The number of aliphatic hydroxyl groups is 3. The van der Waals surface area contributed by atoms with Gasteiger partial charge >= 0.3 is 5.97 Å². The van der Waals surface area contributed by atoms with Crippen LogP contribution in [0.4, 0.5) is 0 Å². The second-order valence-corrected chi connectivity index (χ2v) is 12.6. The summed E-state index contributed by atoms with van der Waals surface area (Å²) in [5.41, 5.74) is 24.6. The molecule has 0 spiro atoms. The van der Waals surface area contributed by atoms with Crippen molar-refractivity contribution in [2.45, 2.75) is 57.4 Å². The molecule has 1 aromatic rings. The van der Waals surface area contributed by atoms with E-state index in [1.54, 1.807) is 0 Å². The number of carbonyl (C=O) groups is 1. The summed E-state index contributed by atoms with van der Waals surface area (Å²) in [6, 6.07) is 2.60. The van der Waals surface area contributed by atoms with Gasteiger partial charge in [0.1, 0.15) is 0 Å². The molecule has 26 nitrogen and oxygen atoms in total. The molecule has 0 fully saturated rings. The van der Waals surface area contributed by atoms with E-state index in [1.807, 2.05) is 0 Å². The average molecular weight is 906 g/mol. The first-order chi connectivity index (χ1) is 30.8. The molecule has 1 aromatic carbocycles. The Kier molecular flexibility index (Phi) is 37.3. The number of aromatic carboxylic acids is 1. The van der Waals surface area contributed by atoms with Crippen LogP contribution in [0.25, 0.3) is 31.3 Å². The fourth-order valence-electron chi connectivity index (χ4n) is 4.76. The molecule has 0 bridgehead atoms. The number of azide groups is 3. The van der Waals surface area contributed by atoms with Gasteiger partial charge in [0, 0.05) is 53.6 Å². The maximum Gasteiger partial charge on any atom is 0.335 e. The third-order valence-corrected chi connectivity index (χ3v) is 7.74. The number of rotatable bonds is 46. The summed E-state index contributed by atoms with van der Waals surface area (Å²) in [5, 5.41) is 50.8. The van der Waals surface area contributed by atoms with Gasteiger partial charge in [0.25, 0.3) is 0 Å². The number of hydrogen-bond acceptors (Lipinski definition) is 19. The Hall–Kier alpha value is -4.46. The standard InChI is InChI=1S/C37H63N9O17/c38-44-41-7-13-52-16-19-55-22-25-60-33(47)4-1-10-58-31-28-30(37(50)51)29-32(59-11-2-5-34(48)61-26-23-56-20-17-53-14-8-42-45-39)36(31)63-12-3-6-35(49)62-27-24-57-21-18-54-15-9-43-46-40/h28-29,33-35,47-49H,1-27H2,(H,50,51). The van der Waals surface area contributed by atoms with Crippen molar-refractivity contribution in [3.63, 3.8) is 0 Å². The Morgan fingerprint density at radius 3 is 1.10 bits per heavy atom. The Bertz CT molecular complexity index is 1380. The molecular weight excluding hydrogens is 842 g/mol. The molecule has 3 atom stereocenters. The van der Waals surface area contributed by atoms with Gasteiger partial charge in [0.05, 0.1) is 124 Å². The minimum atomic E-state index is -1.24. The first-order valence-corrected chi connectivity index (χ1v) is 20.5. The van der Waals surface area contributed by atoms with E-state index >= 15 is 0 Å². The van der Waals surface area contributed by atoms with Crippen molar-refractivity contribution in [1.82, 2.24) is 0 Å². The lowest BCUT2D eigenvalue weighted by Gasteiger charge is -2.19. The number of aliphatic hydroxyl groups excluding tert-OH is 3. The molecule has 0 aliphatic rings. The zero-order valence-corrected chi connectivity index (χ0v) is 35.6. The molecule has 358 valence electrons. The largest absolute Gasteiger partial charge is 0.490 e. The van der Waals surface area contributed by atoms with Crippen LogP contribution in [-0.4, -0.2) is 184 Å². The molecule has 0 saturated carbocycles. The summed E-state index contributed by atoms with van der Waals surface area (Å²) in [7, 11) is 0. The number of ether oxygens (including phenoxy) is 12. The van der Waals surface area contributed by atoms with Crippen molar-refractivity contribution in [2.24, 2.45) is 15.3 Å². The van der Waals surface area contributed by atoms with Crippen LogP contribution in [0.1, 0.15) is 48.9 Å². The van der Waals surface area contributed by atoms with Gasteiger partial charge in [0.2, 0.25) is 5.75 Å². The molecule has 0 aromatic heterocycles. The molecule has 0 amide bonds. The van der Waals surface area contributed by atoms with Crippen LogP contribution in [0.5, 0.6) is 17.2 Å². The molecule has 0 aliphatic carbocycles. The van der Waals surface area contributed by atoms with Gasteiger partial charge in [-0.25, -0.2) is 4.79 Å². The number of carboxylic acids is 1. The second-order valence-electron chi connectivity index (χ2n) is 12.6. The molecule has 0 heterocycles. The average Bonchev–Trinajstić information content (AvgIpc) is 3.27. The van der Waals surface area contributed by atoms with Crippen LogP contribution in [0.15, 0.2) is 27.5 Å². The summed E-state index contributed by atoms with van der Waals surface area (Å²) in [4.78, 5) is 20.0. The lowest BCUT2D eigenvalue weighted by molar-refractivity contribution is -0.119. The van der Waals surface area contributed by atoms with Crippen molar-refractivity contribution in [3.05, 3.63) is 49.0 Å². The summed E-state index contributed by atoms with van der Waals surface area (Å²) < 4.78 is 66.0. The molecule has 0 aliphatic heterocycles. The van der Waals surface area contributed by atoms with Crippen molar-refractivity contribution in [2.75, 3.05) is 139 Å². The highest BCUT2D eigenvalue weighted by molar-refractivity contribution is 5.89. The molecule has 26 heteroatoms. The predicted molar refractivity (Wildman–Crippen MR) is 220 cm³/mol. The third kappa shape index (κ3) is 33.7. The lowest BCUT2D eigenvalue weighted by Crippen LogP contribution is -2.18. The maximum atomic E-state index is 12.1. The van der Waals surface area contributed by atoms with Gasteiger partial charge < -0.3 is 77.3 Å². The Morgan fingerprint density at radius 2 is 0.778 bits per heavy atom. The Balaban J connectivity index is 2.67. The van der Waals surface area contributed by atoms with Crippen LogP contribution in [0, 0.1) is 0 Å². The summed E-state index contributed by atoms with van der Waals surface area (Å²) in [6.45, 7) is 4.60. The number of nitrogens with zero attached hydrogens (tertiary/aromatic N) is 9. The van der Waals surface area contributed by atoms with Crippen molar-refractivity contribution in [1.29, 1.82) is 0 Å². The van der Waals surface area contributed by atoms with Gasteiger partial charge in [-0.15, -0.1) is 0 Å². The van der Waals surface area contributed by atoms with Crippen LogP contribution in [-0.2, 0) is 42.6 Å². The van der Waals surface area contributed by atoms with Crippen LogP contribution in [0.3, 0.4) is 0 Å². The highest BCUT2D eigenvalue weighted by atomic mass is 16.6. The predicted octanol–water partition coefficient (Wildman–Crippen LogP) is 3.90. The minimum absolute atomic E-state index is 0.0527. The van der Waals surface area contributed by atoms with E-state index in [0.717, 1.165) is 0 Å².